The van der Waals surface area contributed by atoms with E-state index in [4.69, 9.17) is 9.26 Å². The Morgan fingerprint density at radius 1 is 1.47 bits per heavy atom. The molecule has 1 heterocycles. The summed E-state index contributed by atoms with van der Waals surface area (Å²) in [5, 5.41) is 7.11. The second kappa shape index (κ2) is 4.72. The smallest absolute Gasteiger partial charge is 0.240 e. The van der Waals surface area contributed by atoms with Crippen LogP contribution in [0.3, 0.4) is 0 Å². The van der Waals surface area contributed by atoms with Gasteiger partial charge in [-0.1, -0.05) is 5.16 Å². The average Bonchev–Trinajstić information content (AvgIpc) is 2.61. The van der Waals surface area contributed by atoms with Crippen molar-refractivity contribution in [2.45, 2.75) is 45.9 Å². The number of hydrogen-bond acceptors (Lipinski definition) is 5. The first-order chi connectivity index (χ1) is 6.92. The van der Waals surface area contributed by atoms with Crippen LogP contribution in [0.25, 0.3) is 0 Å². The minimum atomic E-state index is -0.128. The second-order valence-electron chi connectivity index (χ2n) is 4.53. The van der Waals surface area contributed by atoms with E-state index in [2.05, 4.69) is 36.2 Å². The Balaban J connectivity index is 2.53. The standard InChI is InChI=1S/C10H19N3O2/c1-7(14-5)9-12-8(15-13-9)6-11-10(2,3)4/h7,11H,6H2,1-5H3. The molecule has 86 valence electrons. The van der Waals surface area contributed by atoms with Crippen molar-refractivity contribution in [3.05, 3.63) is 11.7 Å². The van der Waals surface area contributed by atoms with Crippen molar-refractivity contribution in [3.63, 3.8) is 0 Å². The van der Waals surface area contributed by atoms with Crippen molar-refractivity contribution in [3.8, 4) is 0 Å². The third kappa shape index (κ3) is 3.97. The molecule has 1 N–H and O–H groups in total. The van der Waals surface area contributed by atoms with Gasteiger partial charge in [0.2, 0.25) is 5.89 Å². The maximum atomic E-state index is 5.09. The number of nitrogens with one attached hydrogen (secondary N) is 1. The van der Waals surface area contributed by atoms with E-state index in [-0.39, 0.29) is 11.6 Å². The van der Waals surface area contributed by atoms with E-state index in [0.717, 1.165) is 0 Å². The zero-order valence-corrected chi connectivity index (χ0v) is 10.00. The predicted molar refractivity (Wildman–Crippen MR) is 56.3 cm³/mol. The summed E-state index contributed by atoms with van der Waals surface area (Å²) in [6.45, 7) is 8.71. The van der Waals surface area contributed by atoms with Gasteiger partial charge in [-0.3, -0.25) is 0 Å². The number of ether oxygens (including phenoxy) is 1. The monoisotopic (exact) mass is 213 g/mol. The number of aromatic nitrogens is 2. The summed E-state index contributed by atoms with van der Waals surface area (Å²) in [4.78, 5) is 4.22. The minimum Gasteiger partial charge on any atom is -0.374 e. The molecule has 0 saturated heterocycles. The Morgan fingerprint density at radius 3 is 2.67 bits per heavy atom. The van der Waals surface area contributed by atoms with Crippen LogP contribution in [0.15, 0.2) is 4.52 Å². The summed E-state index contributed by atoms with van der Waals surface area (Å²) in [5.74, 6) is 1.17. The molecule has 0 saturated carbocycles. The Kier molecular flexibility index (Phi) is 3.82. The van der Waals surface area contributed by atoms with Crippen molar-refractivity contribution in [2.75, 3.05) is 7.11 Å². The summed E-state index contributed by atoms with van der Waals surface area (Å²) in [6, 6.07) is 0. The molecule has 0 aromatic carbocycles. The first kappa shape index (κ1) is 12.1. The lowest BCUT2D eigenvalue weighted by atomic mass is 10.1. The van der Waals surface area contributed by atoms with Crippen molar-refractivity contribution in [1.82, 2.24) is 15.5 Å². The van der Waals surface area contributed by atoms with Gasteiger partial charge in [-0.2, -0.15) is 4.98 Å². The van der Waals surface area contributed by atoms with Crippen LogP contribution in [0, 0.1) is 0 Å². The molecular weight excluding hydrogens is 194 g/mol. The lowest BCUT2D eigenvalue weighted by Gasteiger charge is -2.18. The van der Waals surface area contributed by atoms with Crippen LogP contribution in [-0.2, 0) is 11.3 Å². The molecule has 5 nitrogen and oxygen atoms in total. The SMILES string of the molecule is COC(C)c1noc(CNC(C)(C)C)n1. The van der Waals surface area contributed by atoms with Gasteiger partial charge < -0.3 is 14.6 Å². The highest BCUT2D eigenvalue weighted by Crippen LogP contribution is 2.11. The summed E-state index contributed by atoms with van der Waals surface area (Å²) in [5.41, 5.74) is 0.0432. The normalized spacial score (nSPS) is 14.2. The first-order valence-electron chi connectivity index (χ1n) is 5.02. The van der Waals surface area contributed by atoms with Gasteiger partial charge in [0.25, 0.3) is 0 Å². The molecule has 0 bridgehead atoms. The number of nitrogens with zero attached hydrogens (tertiary/aromatic N) is 2. The molecule has 1 unspecified atom stereocenters. The van der Waals surface area contributed by atoms with E-state index in [1.807, 2.05) is 6.92 Å². The van der Waals surface area contributed by atoms with E-state index < -0.39 is 0 Å². The topological polar surface area (TPSA) is 60.2 Å². The van der Waals surface area contributed by atoms with Crippen LogP contribution in [0.1, 0.15) is 45.5 Å². The maximum Gasteiger partial charge on any atom is 0.240 e. The number of rotatable bonds is 4. The molecule has 1 atom stereocenters. The Bertz CT molecular complexity index is 304. The summed E-state index contributed by atoms with van der Waals surface area (Å²) in [7, 11) is 1.62. The summed E-state index contributed by atoms with van der Waals surface area (Å²) >= 11 is 0. The lowest BCUT2D eigenvalue weighted by Crippen LogP contribution is -2.35. The van der Waals surface area contributed by atoms with Gasteiger partial charge in [0.1, 0.15) is 6.10 Å². The summed E-state index contributed by atoms with van der Waals surface area (Å²) < 4.78 is 10.2. The van der Waals surface area contributed by atoms with E-state index in [1.54, 1.807) is 7.11 Å². The Labute approximate surface area is 90.2 Å². The molecule has 0 spiro atoms. The number of methoxy groups -OCH3 is 1. The Morgan fingerprint density at radius 2 is 2.13 bits per heavy atom. The highest BCUT2D eigenvalue weighted by atomic mass is 16.5. The molecule has 5 heteroatoms. The maximum absolute atomic E-state index is 5.09. The highest BCUT2D eigenvalue weighted by Gasteiger charge is 2.15. The molecule has 0 aliphatic rings. The van der Waals surface area contributed by atoms with Crippen LogP contribution < -0.4 is 5.32 Å². The van der Waals surface area contributed by atoms with E-state index in [9.17, 15) is 0 Å². The summed E-state index contributed by atoms with van der Waals surface area (Å²) in [6.07, 6.45) is -0.128. The molecule has 0 aliphatic heterocycles. The van der Waals surface area contributed by atoms with Gasteiger partial charge in [0.05, 0.1) is 6.54 Å². The molecule has 0 fully saturated rings. The lowest BCUT2D eigenvalue weighted by molar-refractivity contribution is 0.109. The van der Waals surface area contributed by atoms with Gasteiger partial charge in [-0.15, -0.1) is 0 Å². The third-order valence-corrected chi connectivity index (χ3v) is 1.97. The van der Waals surface area contributed by atoms with E-state index in [1.165, 1.54) is 0 Å². The van der Waals surface area contributed by atoms with Gasteiger partial charge in [-0.05, 0) is 27.7 Å². The van der Waals surface area contributed by atoms with Crippen LogP contribution in [0.5, 0.6) is 0 Å². The molecule has 1 rings (SSSR count). The fraction of sp³-hybridized carbons (Fsp3) is 0.800. The average molecular weight is 213 g/mol. The molecule has 0 aliphatic carbocycles. The number of hydrogen-bond donors (Lipinski definition) is 1. The zero-order chi connectivity index (χ0) is 11.5. The molecule has 15 heavy (non-hydrogen) atoms. The van der Waals surface area contributed by atoms with Crippen molar-refractivity contribution < 1.29 is 9.26 Å². The molecule has 1 aromatic rings. The predicted octanol–water partition coefficient (Wildman–Crippen LogP) is 1.67. The van der Waals surface area contributed by atoms with Gasteiger partial charge >= 0.3 is 0 Å². The van der Waals surface area contributed by atoms with Crippen molar-refractivity contribution >= 4 is 0 Å². The zero-order valence-electron chi connectivity index (χ0n) is 10.00. The fourth-order valence-corrected chi connectivity index (χ4v) is 0.951. The van der Waals surface area contributed by atoms with Gasteiger partial charge in [0.15, 0.2) is 5.82 Å². The van der Waals surface area contributed by atoms with Crippen molar-refractivity contribution in [2.24, 2.45) is 0 Å². The van der Waals surface area contributed by atoms with Gasteiger partial charge in [0, 0.05) is 12.6 Å². The molecule has 0 amide bonds. The Hall–Kier alpha value is -0.940. The largest absolute Gasteiger partial charge is 0.374 e. The molecule has 1 aromatic heterocycles. The minimum absolute atomic E-state index is 0.0432. The van der Waals surface area contributed by atoms with Crippen LogP contribution >= 0.6 is 0 Å². The quantitative estimate of drug-likeness (QED) is 0.824. The third-order valence-electron chi connectivity index (χ3n) is 1.97. The van der Waals surface area contributed by atoms with Crippen molar-refractivity contribution in [1.29, 1.82) is 0 Å². The van der Waals surface area contributed by atoms with E-state index >= 15 is 0 Å². The highest BCUT2D eigenvalue weighted by molar-refractivity contribution is 4.90. The molecule has 0 radical (unpaired) electrons. The van der Waals surface area contributed by atoms with E-state index in [0.29, 0.717) is 18.3 Å². The molecular formula is C10H19N3O2. The van der Waals surface area contributed by atoms with Crippen LogP contribution in [-0.4, -0.2) is 22.8 Å². The second-order valence-corrected chi connectivity index (χ2v) is 4.53. The fourth-order valence-electron chi connectivity index (χ4n) is 0.951. The van der Waals surface area contributed by atoms with Crippen LogP contribution in [0.2, 0.25) is 0 Å². The van der Waals surface area contributed by atoms with Gasteiger partial charge in [-0.25, -0.2) is 0 Å². The van der Waals surface area contributed by atoms with Crippen LogP contribution in [0.4, 0.5) is 0 Å². The first-order valence-corrected chi connectivity index (χ1v) is 5.02.